The van der Waals surface area contributed by atoms with Crippen LogP contribution >= 0.6 is 24.8 Å². The summed E-state index contributed by atoms with van der Waals surface area (Å²) in [5.41, 5.74) is 1.28. The molecule has 0 atom stereocenters. The first kappa shape index (κ1) is 20.6. The molecule has 0 fully saturated rings. The van der Waals surface area contributed by atoms with Gasteiger partial charge in [0.25, 0.3) is 5.91 Å². The van der Waals surface area contributed by atoms with E-state index in [1.165, 1.54) is 0 Å². The van der Waals surface area contributed by atoms with Gasteiger partial charge in [-0.2, -0.15) is 0 Å². The van der Waals surface area contributed by atoms with Crippen LogP contribution < -0.4 is 10.6 Å². The molecule has 5 nitrogen and oxygen atoms in total. The highest BCUT2D eigenvalue weighted by Crippen LogP contribution is 2.11. The molecule has 0 bridgehead atoms. The lowest BCUT2D eigenvalue weighted by molar-refractivity contribution is 0.0949. The second kappa shape index (κ2) is 11.2. The number of hydrogen-bond donors (Lipinski definition) is 2. The molecule has 1 aromatic heterocycles. The standard InChI is InChI=1S/C15H19N3O2.2ClH/c1-20-11-10-16-8-9-17-15(19)14-7-6-12-4-2-3-5-13(12)18-14;;/h2-7,16H,8-11H2,1H3,(H,17,19);2*1H. The third-order valence-corrected chi connectivity index (χ3v) is 2.90. The van der Waals surface area contributed by atoms with E-state index in [-0.39, 0.29) is 30.7 Å². The Hall–Kier alpha value is -1.40. The highest BCUT2D eigenvalue weighted by molar-refractivity contribution is 5.94. The van der Waals surface area contributed by atoms with E-state index in [9.17, 15) is 4.79 Å². The Morgan fingerprint density at radius 1 is 1.09 bits per heavy atom. The van der Waals surface area contributed by atoms with E-state index >= 15 is 0 Å². The van der Waals surface area contributed by atoms with Crippen LogP contribution in [0.5, 0.6) is 0 Å². The Balaban J connectivity index is 0.00000220. The van der Waals surface area contributed by atoms with Gasteiger partial charge in [0.1, 0.15) is 5.69 Å². The summed E-state index contributed by atoms with van der Waals surface area (Å²) in [4.78, 5) is 16.3. The summed E-state index contributed by atoms with van der Waals surface area (Å²) in [6.45, 7) is 2.72. The van der Waals surface area contributed by atoms with E-state index in [1.54, 1.807) is 13.2 Å². The Kier molecular flexibility index (Phi) is 10.5. The van der Waals surface area contributed by atoms with Gasteiger partial charge >= 0.3 is 0 Å². The van der Waals surface area contributed by atoms with Crippen LogP contribution in [0.4, 0.5) is 0 Å². The number of nitrogens with one attached hydrogen (secondary N) is 2. The average Bonchev–Trinajstić information content (AvgIpc) is 2.50. The molecule has 0 aliphatic rings. The Labute approximate surface area is 142 Å². The number of methoxy groups -OCH3 is 1. The van der Waals surface area contributed by atoms with Gasteiger partial charge in [0.15, 0.2) is 0 Å². The zero-order chi connectivity index (χ0) is 14.2. The second-order valence-electron chi connectivity index (χ2n) is 4.39. The molecule has 0 saturated carbocycles. The highest BCUT2D eigenvalue weighted by atomic mass is 35.5. The summed E-state index contributed by atoms with van der Waals surface area (Å²) < 4.78 is 4.92. The number of nitrogens with zero attached hydrogens (tertiary/aromatic N) is 1. The fourth-order valence-corrected chi connectivity index (χ4v) is 1.85. The molecule has 1 aromatic carbocycles. The second-order valence-corrected chi connectivity index (χ2v) is 4.39. The van der Waals surface area contributed by atoms with Crippen LogP contribution in [0.2, 0.25) is 0 Å². The van der Waals surface area contributed by atoms with Crippen molar-refractivity contribution in [1.82, 2.24) is 15.6 Å². The number of halogens is 2. The topological polar surface area (TPSA) is 63.2 Å². The maximum atomic E-state index is 12.0. The predicted octanol–water partition coefficient (Wildman–Crippen LogP) is 2.04. The van der Waals surface area contributed by atoms with Crippen molar-refractivity contribution in [2.45, 2.75) is 0 Å². The van der Waals surface area contributed by atoms with E-state index < -0.39 is 0 Å². The summed E-state index contributed by atoms with van der Waals surface area (Å²) in [6.07, 6.45) is 0. The van der Waals surface area contributed by atoms with Crippen molar-refractivity contribution in [2.24, 2.45) is 0 Å². The number of rotatable bonds is 7. The number of carbonyl (C=O) groups is 1. The molecule has 1 heterocycles. The van der Waals surface area contributed by atoms with Crippen molar-refractivity contribution in [3.63, 3.8) is 0 Å². The largest absolute Gasteiger partial charge is 0.383 e. The van der Waals surface area contributed by atoms with E-state index in [0.717, 1.165) is 17.4 Å². The minimum atomic E-state index is -0.149. The molecule has 1 amide bonds. The van der Waals surface area contributed by atoms with Crippen LogP contribution in [0, 0.1) is 0 Å². The van der Waals surface area contributed by atoms with Gasteiger partial charge in [0.2, 0.25) is 0 Å². The van der Waals surface area contributed by atoms with Crippen LogP contribution in [0.15, 0.2) is 36.4 Å². The van der Waals surface area contributed by atoms with E-state index in [0.29, 0.717) is 25.4 Å². The normalized spacial score (nSPS) is 9.68. The molecule has 0 radical (unpaired) electrons. The lowest BCUT2D eigenvalue weighted by atomic mass is 10.2. The number of hydrogen-bond acceptors (Lipinski definition) is 4. The number of ether oxygens (including phenoxy) is 1. The van der Waals surface area contributed by atoms with E-state index in [2.05, 4.69) is 15.6 Å². The molecular weight excluding hydrogens is 325 g/mol. The SMILES string of the molecule is COCCNCCNC(=O)c1ccc2ccccc2n1.Cl.Cl. The number of amides is 1. The fourth-order valence-electron chi connectivity index (χ4n) is 1.85. The molecule has 0 unspecified atom stereocenters. The molecular formula is C15H21Cl2N3O2. The van der Waals surface area contributed by atoms with Gasteiger partial charge in [0.05, 0.1) is 12.1 Å². The lowest BCUT2D eigenvalue weighted by Gasteiger charge is -2.06. The smallest absolute Gasteiger partial charge is 0.269 e. The zero-order valence-electron chi connectivity index (χ0n) is 12.4. The van der Waals surface area contributed by atoms with Crippen LogP contribution in [0.3, 0.4) is 0 Å². The molecule has 0 aliphatic carbocycles. The quantitative estimate of drug-likeness (QED) is 0.754. The van der Waals surface area contributed by atoms with Crippen molar-refractivity contribution >= 4 is 41.6 Å². The maximum absolute atomic E-state index is 12.0. The first-order valence-corrected chi connectivity index (χ1v) is 6.65. The number of fused-ring (bicyclic) bond motifs is 1. The van der Waals surface area contributed by atoms with Crippen LogP contribution in [-0.4, -0.2) is 44.2 Å². The molecule has 122 valence electrons. The monoisotopic (exact) mass is 345 g/mol. The van der Waals surface area contributed by atoms with Gasteiger partial charge in [-0.1, -0.05) is 24.3 Å². The third-order valence-electron chi connectivity index (χ3n) is 2.90. The van der Waals surface area contributed by atoms with E-state index in [4.69, 9.17) is 4.74 Å². The molecule has 2 rings (SSSR count). The fraction of sp³-hybridized carbons (Fsp3) is 0.333. The number of pyridine rings is 1. The summed E-state index contributed by atoms with van der Waals surface area (Å²) in [5, 5.41) is 7.03. The molecule has 2 aromatic rings. The Bertz CT molecular complexity index is 581. The summed E-state index contributed by atoms with van der Waals surface area (Å²) in [7, 11) is 1.66. The number of para-hydroxylation sites is 1. The Morgan fingerprint density at radius 2 is 1.86 bits per heavy atom. The minimum Gasteiger partial charge on any atom is -0.383 e. The van der Waals surface area contributed by atoms with Gasteiger partial charge in [-0.3, -0.25) is 4.79 Å². The summed E-state index contributed by atoms with van der Waals surface area (Å²) in [6, 6.07) is 11.4. The molecule has 0 aliphatic heterocycles. The number of benzene rings is 1. The third kappa shape index (κ3) is 6.15. The zero-order valence-corrected chi connectivity index (χ0v) is 14.0. The molecule has 0 saturated heterocycles. The van der Waals surface area contributed by atoms with Crippen molar-refractivity contribution in [2.75, 3.05) is 33.4 Å². The predicted molar refractivity (Wildman–Crippen MR) is 93.3 cm³/mol. The molecule has 0 spiro atoms. The van der Waals surface area contributed by atoms with Gasteiger partial charge < -0.3 is 15.4 Å². The molecule has 7 heteroatoms. The maximum Gasteiger partial charge on any atom is 0.269 e. The minimum absolute atomic E-state index is 0. The first-order valence-electron chi connectivity index (χ1n) is 6.65. The first-order chi connectivity index (χ1) is 9.81. The van der Waals surface area contributed by atoms with Gasteiger partial charge in [-0.05, 0) is 12.1 Å². The average molecular weight is 346 g/mol. The Morgan fingerprint density at radius 3 is 2.64 bits per heavy atom. The van der Waals surface area contributed by atoms with Gasteiger partial charge in [-0.15, -0.1) is 24.8 Å². The lowest BCUT2D eigenvalue weighted by Crippen LogP contribution is -2.33. The molecule has 22 heavy (non-hydrogen) atoms. The summed E-state index contributed by atoms with van der Waals surface area (Å²) in [5.74, 6) is -0.149. The van der Waals surface area contributed by atoms with Crippen molar-refractivity contribution < 1.29 is 9.53 Å². The number of carbonyl (C=O) groups excluding carboxylic acids is 1. The number of aromatic nitrogens is 1. The van der Waals surface area contributed by atoms with Gasteiger partial charge in [-0.25, -0.2) is 4.98 Å². The van der Waals surface area contributed by atoms with Crippen molar-refractivity contribution in [3.05, 3.63) is 42.1 Å². The van der Waals surface area contributed by atoms with Crippen LogP contribution in [-0.2, 0) is 4.74 Å². The summed E-state index contributed by atoms with van der Waals surface area (Å²) >= 11 is 0. The van der Waals surface area contributed by atoms with E-state index in [1.807, 2.05) is 30.3 Å². The van der Waals surface area contributed by atoms with Crippen molar-refractivity contribution in [1.29, 1.82) is 0 Å². The van der Waals surface area contributed by atoms with Crippen molar-refractivity contribution in [3.8, 4) is 0 Å². The van der Waals surface area contributed by atoms with Crippen LogP contribution in [0.1, 0.15) is 10.5 Å². The van der Waals surface area contributed by atoms with Crippen LogP contribution in [0.25, 0.3) is 10.9 Å². The highest BCUT2D eigenvalue weighted by Gasteiger charge is 2.06. The molecule has 2 N–H and O–H groups in total. The van der Waals surface area contributed by atoms with Gasteiger partial charge in [0, 0.05) is 32.1 Å².